The molecule has 228 valence electrons. The number of nitrogen functional groups attached to an aromatic ring is 1. The van der Waals surface area contributed by atoms with Crippen LogP contribution in [0.3, 0.4) is 0 Å². The predicted molar refractivity (Wildman–Crippen MR) is 173 cm³/mol. The number of anilines is 1. The third kappa shape index (κ3) is 6.60. The maximum absolute atomic E-state index is 7.25. The number of rotatable bonds is 8. The summed E-state index contributed by atoms with van der Waals surface area (Å²) in [5.41, 5.74) is 7.74. The van der Waals surface area contributed by atoms with Crippen LogP contribution < -0.4 is 5.73 Å². The monoisotopic (exact) mass is 608 g/mol. The van der Waals surface area contributed by atoms with Gasteiger partial charge in [-0.05, 0) is 60.5 Å². The Balaban J connectivity index is 2.15. The maximum Gasteiger partial charge on any atom is 0.192 e. The van der Waals surface area contributed by atoms with Gasteiger partial charge in [-0.25, -0.2) is 9.97 Å². The van der Waals surface area contributed by atoms with Gasteiger partial charge in [0.25, 0.3) is 0 Å². The number of fused-ring (bicyclic) bond motifs is 1. The average molecular weight is 609 g/mol. The Morgan fingerprint density at radius 3 is 1.80 bits per heavy atom. The molecule has 0 radical (unpaired) electrons. The minimum atomic E-state index is -2.23. The molecule has 8 nitrogen and oxygen atoms in total. The Morgan fingerprint density at radius 2 is 1.30 bits per heavy atom. The Hall–Kier alpha value is -1.09. The van der Waals surface area contributed by atoms with Crippen molar-refractivity contribution < 1.29 is 18.0 Å². The van der Waals surface area contributed by atoms with Gasteiger partial charge in [0, 0.05) is 6.20 Å². The Kier molecular flexibility index (Phi) is 9.09. The van der Waals surface area contributed by atoms with Crippen molar-refractivity contribution in [2.75, 3.05) is 12.3 Å². The van der Waals surface area contributed by atoms with Crippen LogP contribution in [0.5, 0.6) is 0 Å². The first kappa shape index (κ1) is 33.4. The van der Waals surface area contributed by atoms with Crippen molar-refractivity contribution >= 4 is 41.8 Å². The van der Waals surface area contributed by atoms with E-state index in [1.165, 1.54) is 0 Å². The van der Waals surface area contributed by atoms with Gasteiger partial charge < -0.3 is 28.3 Å². The van der Waals surface area contributed by atoms with Crippen molar-refractivity contribution in [3.8, 4) is 0 Å². The van der Waals surface area contributed by atoms with Crippen molar-refractivity contribution in [2.24, 2.45) is 0 Å². The molecule has 0 amide bonds. The minimum absolute atomic E-state index is 0.0140. The number of pyridine rings is 1. The van der Waals surface area contributed by atoms with Crippen molar-refractivity contribution in [3.63, 3.8) is 0 Å². The Bertz CT molecular complexity index is 1180. The Morgan fingerprint density at radius 1 is 0.800 bits per heavy atom. The molecule has 1 fully saturated rings. The molecular weight excluding hydrogens is 553 g/mol. The van der Waals surface area contributed by atoms with Gasteiger partial charge in [-0.2, -0.15) is 0 Å². The van der Waals surface area contributed by atoms with Crippen LogP contribution >= 0.6 is 0 Å². The topological polar surface area (TPSA) is 93.7 Å². The summed E-state index contributed by atoms with van der Waals surface area (Å²) in [5.74, 6) is 0.406. The van der Waals surface area contributed by atoms with E-state index in [2.05, 4.69) is 116 Å². The second-order valence-electron chi connectivity index (χ2n) is 16.0. The fourth-order valence-corrected chi connectivity index (χ4v) is 7.68. The fraction of sp³-hybridized carbons (Fsp3) is 0.793. The van der Waals surface area contributed by atoms with E-state index in [0.717, 1.165) is 5.52 Å². The molecule has 0 aromatic carbocycles. The van der Waals surface area contributed by atoms with Gasteiger partial charge in [0.1, 0.15) is 23.8 Å². The van der Waals surface area contributed by atoms with Crippen molar-refractivity contribution in [1.29, 1.82) is 0 Å². The summed E-state index contributed by atoms with van der Waals surface area (Å²) in [6.07, 6.45) is 2.16. The molecule has 0 spiro atoms. The summed E-state index contributed by atoms with van der Waals surface area (Å²) >= 11 is 0. The van der Waals surface area contributed by atoms with Crippen LogP contribution in [0.4, 0.5) is 5.82 Å². The lowest BCUT2D eigenvalue weighted by Crippen LogP contribution is -2.54. The van der Waals surface area contributed by atoms with Gasteiger partial charge in [0.2, 0.25) is 0 Å². The zero-order chi connectivity index (χ0) is 30.7. The van der Waals surface area contributed by atoms with Crippen LogP contribution in [0.25, 0.3) is 11.0 Å². The number of ether oxygens (including phenoxy) is 1. The summed E-state index contributed by atoms with van der Waals surface area (Å²) in [4.78, 5) is 8.86. The number of aromatic nitrogens is 3. The van der Waals surface area contributed by atoms with E-state index >= 15 is 0 Å². The predicted octanol–water partition coefficient (Wildman–Crippen LogP) is 7.71. The molecule has 2 N–H and O–H groups in total. The maximum atomic E-state index is 7.25. The summed E-state index contributed by atoms with van der Waals surface area (Å²) < 4.78 is 30.3. The molecule has 4 atom stereocenters. The first-order valence-electron chi connectivity index (χ1n) is 14.6. The lowest BCUT2D eigenvalue weighted by atomic mass is 10.1. The standard InChI is InChI=1S/C29H56N4O4Si3/c1-27(2,3)38(10,11)34-18-21-23(36-39(12,13)28(4,5)6)24(37-40(14,15)29(7,8)9)26(35-21)33-19-32-22-20(33)16-17-31-25(22)30/h16-17,19,21,23-24,26H,18H2,1-15H3,(H2,30,31)/t21-,23-,24-,26?/m1/s1. The van der Waals surface area contributed by atoms with E-state index in [0.29, 0.717) is 17.9 Å². The lowest BCUT2D eigenvalue weighted by Gasteiger charge is -2.44. The largest absolute Gasteiger partial charge is 0.414 e. The molecular formula is C29H56N4O4Si3. The van der Waals surface area contributed by atoms with E-state index in [-0.39, 0.29) is 33.4 Å². The van der Waals surface area contributed by atoms with Crippen molar-refractivity contribution in [3.05, 3.63) is 18.6 Å². The number of nitrogens with two attached hydrogens (primary N) is 1. The number of nitrogens with zero attached hydrogens (tertiary/aromatic N) is 3. The first-order valence-corrected chi connectivity index (χ1v) is 23.3. The molecule has 40 heavy (non-hydrogen) atoms. The Labute approximate surface area is 246 Å². The third-order valence-corrected chi connectivity index (χ3v) is 23.4. The molecule has 0 bridgehead atoms. The van der Waals surface area contributed by atoms with Gasteiger partial charge in [-0.1, -0.05) is 62.3 Å². The SMILES string of the molecule is CC(C)(C)[Si](C)(C)OC[C@H]1OC(n2cnc3c(N)nccc32)[C@H](O[Si](C)(C)C(C)(C)C)[C@@H]1O[Si](C)(C)C(C)(C)C. The second kappa shape index (κ2) is 10.9. The summed E-state index contributed by atoms with van der Waals surface area (Å²) in [6.45, 7) is 34.6. The van der Waals surface area contributed by atoms with Crippen molar-refractivity contribution in [1.82, 2.24) is 14.5 Å². The van der Waals surface area contributed by atoms with Crippen LogP contribution in [-0.2, 0) is 18.0 Å². The molecule has 1 aliphatic heterocycles. The fourth-order valence-electron chi connectivity index (χ4n) is 4.06. The summed E-state index contributed by atoms with van der Waals surface area (Å²) in [5, 5.41) is 0.127. The van der Waals surface area contributed by atoms with E-state index < -0.39 is 31.2 Å². The first-order chi connectivity index (χ1) is 17.9. The highest BCUT2D eigenvalue weighted by molar-refractivity contribution is 6.75. The van der Waals surface area contributed by atoms with Gasteiger partial charge >= 0.3 is 0 Å². The smallest absolute Gasteiger partial charge is 0.192 e. The number of imidazole rings is 1. The normalized spacial score (nSPS) is 23.8. The zero-order valence-corrected chi connectivity index (χ0v) is 30.8. The molecule has 2 aromatic rings. The van der Waals surface area contributed by atoms with Gasteiger partial charge in [0.05, 0.1) is 18.5 Å². The molecule has 1 unspecified atom stereocenters. The van der Waals surface area contributed by atoms with Crippen LogP contribution in [-0.4, -0.2) is 64.4 Å². The molecule has 11 heteroatoms. The molecule has 0 saturated carbocycles. The number of hydrogen-bond acceptors (Lipinski definition) is 7. The minimum Gasteiger partial charge on any atom is -0.414 e. The lowest BCUT2D eigenvalue weighted by molar-refractivity contribution is -0.0468. The van der Waals surface area contributed by atoms with E-state index in [4.69, 9.17) is 23.7 Å². The summed E-state index contributed by atoms with van der Waals surface area (Å²) in [6, 6.07) is 1.94. The average Bonchev–Trinajstić information content (AvgIpc) is 3.32. The van der Waals surface area contributed by atoms with E-state index in [9.17, 15) is 0 Å². The van der Waals surface area contributed by atoms with Crippen LogP contribution in [0.1, 0.15) is 68.5 Å². The molecule has 2 aromatic heterocycles. The zero-order valence-electron chi connectivity index (χ0n) is 27.8. The van der Waals surface area contributed by atoms with Crippen LogP contribution in [0, 0.1) is 0 Å². The van der Waals surface area contributed by atoms with Crippen LogP contribution in [0.2, 0.25) is 54.4 Å². The highest BCUT2D eigenvalue weighted by atomic mass is 28.4. The van der Waals surface area contributed by atoms with E-state index in [1.54, 1.807) is 12.5 Å². The highest BCUT2D eigenvalue weighted by Gasteiger charge is 2.55. The van der Waals surface area contributed by atoms with Crippen molar-refractivity contribution in [2.45, 2.75) is 141 Å². The molecule has 1 aliphatic rings. The third-order valence-electron chi connectivity index (χ3n) is 9.97. The van der Waals surface area contributed by atoms with Gasteiger partial charge in [-0.3, -0.25) is 0 Å². The van der Waals surface area contributed by atoms with Gasteiger partial charge in [0.15, 0.2) is 37.0 Å². The highest BCUT2D eigenvalue weighted by Crippen LogP contribution is 2.47. The molecule has 3 heterocycles. The molecule has 3 rings (SSSR count). The van der Waals surface area contributed by atoms with E-state index in [1.807, 2.05) is 6.07 Å². The van der Waals surface area contributed by atoms with Gasteiger partial charge in [-0.15, -0.1) is 0 Å². The number of hydrogen-bond donors (Lipinski definition) is 1. The quantitative estimate of drug-likeness (QED) is 0.307. The molecule has 0 aliphatic carbocycles. The second-order valence-corrected chi connectivity index (χ2v) is 30.4. The summed E-state index contributed by atoms with van der Waals surface area (Å²) in [7, 11) is -6.48. The molecule has 1 saturated heterocycles. The van der Waals surface area contributed by atoms with Crippen LogP contribution in [0.15, 0.2) is 18.6 Å².